The number of rotatable bonds is 2. The summed E-state index contributed by atoms with van der Waals surface area (Å²) >= 11 is 3.45. The fraction of sp³-hybridized carbons (Fsp3) is 0.500. The van der Waals surface area contributed by atoms with Crippen LogP contribution in [0, 0.1) is 20.8 Å². The highest BCUT2D eigenvalue weighted by Gasteiger charge is 2.29. The van der Waals surface area contributed by atoms with Crippen molar-refractivity contribution in [2.75, 3.05) is 5.33 Å². The van der Waals surface area contributed by atoms with Crippen molar-refractivity contribution < 1.29 is 14.3 Å². The zero-order chi connectivity index (χ0) is 13.4. The first-order valence-electron chi connectivity index (χ1n) is 5.99. The smallest absolute Gasteiger partial charge is 0.308 e. The number of fused-ring (bicyclic) bond motifs is 1. The van der Waals surface area contributed by atoms with Crippen molar-refractivity contribution in [1.82, 2.24) is 0 Å². The number of hydrogen-bond acceptors (Lipinski definition) is 3. The second kappa shape index (κ2) is 4.92. The predicted molar refractivity (Wildman–Crippen MR) is 73.9 cm³/mol. The molecule has 1 aromatic rings. The highest BCUT2D eigenvalue weighted by atomic mass is 79.9. The van der Waals surface area contributed by atoms with Gasteiger partial charge in [0.05, 0.1) is 0 Å². The summed E-state index contributed by atoms with van der Waals surface area (Å²) in [5, 5.41) is 0.808. The van der Waals surface area contributed by atoms with Gasteiger partial charge in [0.2, 0.25) is 0 Å². The topological polar surface area (TPSA) is 35.5 Å². The van der Waals surface area contributed by atoms with E-state index in [1.165, 1.54) is 12.5 Å². The number of ether oxygens (including phenoxy) is 2. The summed E-state index contributed by atoms with van der Waals surface area (Å²) in [5.41, 5.74) is 4.23. The summed E-state index contributed by atoms with van der Waals surface area (Å²) in [5.74, 6) is 1.37. The normalized spacial score (nSPS) is 17.3. The number of hydrogen-bond donors (Lipinski definition) is 0. The summed E-state index contributed by atoms with van der Waals surface area (Å²) in [6.45, 7) is 7.39. The Hall–Kier alpha value is -1.03. The molecule has 0 radical (unpaired) electrons. The molecule has 1 heterocycles. The van der Waals surface area contributed by atoms with E-state index in [1.54, 1.807) is 0 Å². The van der Waals surface area contributed by atoms with Gasteiger partial charge < -0.3 is 9.47 Å². The highest BCUT2D eigenvalue weighted by molar-refractivity contribution is 9.09. The summed E-state index contributed by atoms with van der Waals surface area (Å²) in [6.07, 6.45) is 1.03. The van der Waals surface area contributed by atoms with E-state index in [-0.39, 0.29) is 12.1 Å². The Balaban J connectivity index is 2.54. The number of carbonyl (C=O) groups is 1. The Morgan fingerprint density at radius 2 is 2.00 bits per heavy atom. The van der Waals surface area contributed by atoms with E-state index in [4.69, 9.17) is 9.47 Å². The van der Waals surface area contributed by atoms with Gasteiger partial charge in [0.25, 0.3) is 0 Å². The van der Waals surface area contributed by atoms with Gasteiger partial charge in [-0.3, -0.25) is 4.79 Å². The SMILES string of the molecule is CC(=O)Oc1c(C)c(C)c2c(c1C)CC(CBr)O2. The van der Waals surface area contributed by atoms with Gasteiger partial charge in [0.1, 0.15) is 17.6 Å². The largest absolute Gasteiger partial charge is 0.489 e. The molecular weight excluding hydrogens is 296 g/mol. The summed E-state index contributed by atoms with van der Waals surface area (Å²) < 4.78 is 11.3. The van der Waals surface area contributed by atoms with Gasteiger partial charge in [-0.05, 0) is 37.5 Å². The minimum Gasteiger partial charge on any atom is -0.489 e. The quantitative estimate of drug-likeness (QED) is 0.478. The second-order valence-corrected chi connectivity index (χ2v) is 5.35. The maximum absolute atomic E-state index is 11.2. The maximum atomic E-state index is 11.2. The molecule has 0 fully saturated rings. The molecule has 0 N–H and O–H groups in total. The minimum absolute atomic E-state index is 0.171. The molecule has 2 rings (SSSR count). The van der Waals surface area contributed by atoms with Crippen molar-refractivity contribution in [3.63, 3.8) is 0 Å². The van der Waals surface area contributed by atoms with Crippen LogP contribution in [0.5, 0.6) is 11.5 Å². The molecule has 0 aliphatic carbocycles. The molecular formula is C14H17BrO3. The molecule has 98 valence electrons. The van der Waals surface area contributed by atoms with Crippen LogP contribution in [0.3, 0.4) is 0 Å². The van der Waals surface area contributed by atoms with Gasteiger partial charge >= 0.3 is 5.97 Å². The maximum Gasteiger partial charge on any atom is 0.308 e. The van der Waals surface area contributed by atoms with Crippen LogP contribution in [-0.2, 0) is 11.2 Å². The van der Waals surface area contributed by atoms with E-state index in [2.05, 4.69) is 15.9 Å². The monoisotopic (exact) mass is 312 g/mol. The zero-order valence-electron chi connectivity index (χ0n) is 11.1. The molecule has 0 amide bonds. The first kappa shape index (κ1) is 13.4. The average molecular weight is 313 g/mol. The van der Waals surface area contributed by atoms with Gasteiger partial charge in [-0.2, -0.15) is 0 Å². The standard InChI is InChI=1S/C14H17BrO3/c1-7-8(2)14-12(5-11(6-15)18-14)9(3)13(7)17-10(4)16/h11H,5-6H2,1-4H3. The number of carbonyl (C=O) groups excluding carboxylic acids is 1. The lowest BCUT2D eigenvalue weighted by atomic mass is 9.96. The molecule has 1 aliphatic rings. The van der Waals surface area contributed by atoms with E-state index < -0.39 is 0 Å². The molecule has 4 heteroatoms. The molecule has 0 spiro atoms. The van der Waals surface area contributed by atoms with Crippen molar-refractivity contribution in [3.8, 4) is 11.5 Å². The van der Waals surface area contributed by atoms with Crippen LogP contribution in [0.25, 0.3) is 0 Å². The van der Waals surface area contributed by atoms with E-state index in [1.807, 2.05) is 20.8 Å². The van der Waals surface area contributed by atoms with Crippen molar-refractivity contribution in [2.24, 2.45) is 0 Å². The van der Waals surface area contributed by atoms with Gasteiger partial charge in [-0.15, -0.1) is 0 Å². The minimum atomic E-state index is -0.281. The molecule has 3 nitrogen and oxygen atoms in total. The summed E-state index contributed by atoms with van der Waals surface area (Å²) in [4.78, 5) is 11.2. The fourth-order valence-electron chi connectivity index (χ4n) is 2.38. The molecule has 0 saturated heterocycles. The Morgan fingerprint density at radius 3 is 2.56 bits per heavy atom. The first-order chi connectivity index (χ1) is 8.45. The number of alkyl halides is 1. The van der Waals surface area contributed by atoms with Crippen LogP contribution in [0.15, 0.2) is 0 Å². The Labute approximate surface area is 116 Å². The van der Waals surface area contributed by atoms with Crippen LogP contribution in [0.1, 0.15) is 29.2 Å². The molecule has 1 aliphatic heterocycles. The number of halogens is 1. The lowest BCUT2D eigenvalue weighted by molar-refractivity contribution is -0.131. The summed E-state index contributed by atoms with van der Waals surface area (Å²) in [6, 6.07) is 0. The van der Waals surface area contributed by atoms with Gasteiger partial charge in [0, 0.05) is 24.2 Å². The number of benzene rings is 1. The molecule has 0 saturated carbocycles. The van der Waals surface area contributed by atoms with E-state index >= 15 is 0 Å². The molecule has 1 unspecified atom stereocenters. The van der Waals surface area contributed by atoms with Crippen molar-refractivity contribution in [1.29, 1.82) is 0 Å². The van der Waals surface area contributed by atoms with Crippen LogP contribution >= 0.6 is 15.9 Å². The van der Waals surface area contributed by atoms with Crippen LogP contribution in [-0.4, -0.2) is 17.4 Å². The van der Waals surface area contributed by atoms with Crippen LogP contribution in [0.2, 0.25) is 0 Å². The Morgan fingerprint density at radius 1 is 1.33 bits per heavy atom. The van der Waals surface area contributed by atoms with Crippen molar-refractivity contribution in [3.05, 3.63) is 22.3 Å². The van der Waals surface area contributed by atoms with Gasteiger partial charge in [-0.1, -0.05) is 15.9 Å². The molecule has 0 bridgehead atoms. The third-order valence-electron chi connectivity index (χ3n) is 3.45. The zero-order valence-corrected chi connectivity index (χ0v) is 12.7. The van der Waals surface area contributed by atoms with E-state index in [0.717, 1.165) is 34.2 Å². The predicted octanol–water partition coefficient (Wildman–Crippen LogP) is 3.24. The Bertz CT molecular complexity index is 508. The van der Waals surface area contributed by atoms with Gasteiger partial charge in [-0.25, -0.2) is 0 Å². The lowest BCUT2D eigenvalue weighted by Crippen LogP contribution is -2.14. The molecule has 1 aromatic carbocycles. The van der Waals surface area contributed by atoms with E-state index in [9.17, 15) is 4.79 Å². The van der Waals surface area contributed by atoms with Crippen LogP contribution in [0.4, 0.5) is 0 Å². The van der Waals surface area contributed by atoms with Crippen molar-refractivity contribution >= 4 is 21.9 Å². The first-order valence-corrected chi connectivity index (χ1v) is 7.11. The van der Waals surface area contributed by atoms with Crippen molar-refractivity contribution in [2.45, 2.75) is 40.2 Å². The molecule has 0 aromatic heterocycles. The highest BCUT2D eigenvalue weighted by Crippen LogP contribution is 2.42. The number of esters is 1. The fourth-order valence-corrected chi connectivity index (χ4v) is 2.74. The molecule has 18 heavy (non-hydrogen) atoms. The average Bonchev–Trinajstić information content (AvgIpc) is 2.76. The second-order valence-electron chi connectivity index (χ2n) is 4.70. The third-order valence-corrected chi connectivity index (χ3v) is 4.17. The lowest BCUT2D eigenvalue weighted by Gasteiger charge is -2.16. The molecule has 1 atom stereocenters. The third kappa shape index (κ3) is 2.14. The Kier molecular flexibility index (Phi) is 3.66. The summed E-state index contributed by atoms with van der Waals surface area (Å²) in [7, 11) is 0. The van der Waals surface area contributed by atoms with E-state index in [0.29, 0.717) is 5.75 Å². The van der Waals surface area contributed by atoms with Gasteiger partial charge in [0.15, 0.2) is 0 Å². The van der Waals surface area contributed by atoms with Crippen LogP contribution < -0.4 is 9.47 Å².